The number of nitrogens with zero attached hydrogens (tertiary/aromatic N) is 2. The van der Waals surface area contributed by atoms with E-state index in [-0.39, 0.29) is 11.1 Å². The first-order valence-electron chi connectivity index (χ1n) is 5.41. The van der Waals surface area contributed by atoms with Crippen LogP contribution in [0.3, 0.4) is 0 Å². The topological polar surface area (TPSA) is 73.1 Å². The normalized spacial score (nSPS) is 12.6. The molecule has 0 bridgehead atoms. The molecule has 0 spiro atoms. The first kappa shape index (κ1) is 12.8. The summed E-state index contributed by atoms with van der Waals surface area (Å²) in [4.78, 5) is 0. The molecule has 0 atom stereocenters. The molecular weight excluding hydrogens is 252 g/mol. The van der Waals surface area contributed by atoms with Crippen LogP contribution < -0.4 is 0 Å². The Morgan fingerprint density at radius 1 is 1.11 bits per heavy atom. The molecular formula is C12H14N2O3S. The zero-order valence-corrected chi connectivity index (χ0v) is 11.2. The minimum atomic E-state index is -3.46. The number of sulfone groups is 1. The average molecular weight is 266 g/mol. The van der Waals surface area contributed by atoms with Gasteiger partial charge in [0.25, 0.3) is 0 Å². The molecule has 0 saturated heterocycles. The van der Waals surface area contributed by atoms with Crippen molar-refractivity contribution in [2.75, 3.05) is 6.26 Å². The molecule has 0 N–H and O–H groups in total. The summed E-state index contributed by atoms with van der Waals surface area (Å²) < 4.78 is 27.9. The second-order valence-electron chi connectivity index (χ2n) is 4.64. The van der Waals surface area contributed by atoms with E-state index in [1.54, 1.807) is 0 Å². The van der Waals surface area contributed by atoms with Gasteiger partial charge < -0.3 is 4.42 Å². The monoisotopic (exact) mass is 266 g/mol. The van der Waals surface area contributed by atoms with E-state index in [4.69, 9.17) is 4.42 Å². The predicted molar refractivity (Wildman–Crippen MR) is 66.0 cm³/mol. The van der Waals surface area contributed by atoms with E-state index in [1.165, 1.54) is 0 Å². The second kappa shape index (κ2) is 4.20. The summed E-state index contributed by atoms with van der Waals surface area (Å²) in [6.45, 7) is 3.81. The Labute approximate surface area is 106 Å². The molecule has 0 aliphatic carbocycles. The van der Waals surface area contributed by atoms with E-state index in [9.17, 15) is 8.42 Å². The fourth-order valence-electron chi connectivity index (χ4n) is 1.59. The van der Waals surface area contributed by atoms with Crippen LogP contribution in [0.4, 0.5) is 0 Å². The first-order valence-corrected chi connectivity index (χ1v) is 7.30. The van der Waals surface area contributed by atoms with Crippen molar-refractivity contribution in [1.29, 1.82) is 0 Å². The Bertz CT molecular complexity index is 645. The molecule has 0 fully saturated rings. The summed E-state index contributed by atoms with van der Waals surface area (Å²) in [5.74, 6) is 0.286. The third-order valence-corrected chi connectivity index (χ3v) is 3.55. The fraction of sp³-hybridized carbons (Fsp3) is 0.333. The van der Waals surface area contributed by atoms with Crippen LogP contribution >= 0.6 is 0 Å². The van der Waals surface area contributed by atoms with Gasteiger partial charge in [-0.3, -0.25) is 0 Å². The van der Waals surface area contributed by atoms with E-state index >= 15 is 0 Å². The van der Waals surface area contributed by atoms with Gasteiger partial charge in [-0.05, 0) is 19.4 Å². The molecule has 1 aromatic carbocycles. The van der Waals surface area contributed by atoms with Gasteiger partial charge in [0.2, 0.25) is 15.7 Å². The maximum atomic E-state index is 11.3. The van der Waals surface area contributed by atoms with E-state index in [0.29, 0.717) is 0 Å². The molecule has 1 heterocycles. The molecule has 2 rings (SSSR count). The lowest BCUT2D eigenvalue weighted by molar-refractivity contribution is 0.352. The van der Waals surface area contributed by atoms with Crippen molar-refractivity contribution in [2.24, 2.45) is 0 Å². The largest absolute Gasteiger partial charge is 0.412 e. The van der Waals surface area contributed by atoms with Gasteiger partial charge in [-0.2, -0.15) is 0 Å². The molecule has 0 aliphatic heterocycles. The van der Waals surface area contributed by atoms with Crippen molar-refractivity contribution in [2.45, 2.75) is 24.5 Å². The molecule has 0 radical (unpaired) electrons. The third kappa shape index (κ3) is 2.28. The lowest BCUT2D eigenvalue weighted by Gasteiger charge is -2.20. The van der Waals surface area contributed by atoms with Crippen molar-refractivity contribution >= 4 is 9.84 Å². The Hall–Kier alpha value is -1.69. The highest BCUT2D eigenvalue weighted by Gasteiger charge is 2.31. The van der Waals surface area contributed by atoms with Gasteiger partial charge in [0, 0.05) is 6.26 Å². The summed E-state index contributed by atoms with van der Waals surface area (Å²) in [5, 5.41) is 7.06. The van der Waals surface area contributed by atoms with Gasteiger partial charge in [-0.25, -0.2) is 8.42 Å². The zero-order chi connectivity index (χ0) is 13.4. The minimum Gasteiger partial charge on any atom is -0.412 e. The average Bonchev–Trinajstić information content (AvgIpc) is 2.79. The van der Waals surface area contributed by atoms with Crippen molar-refractivity contribution in [3.05, 3.63) is 41.8 Å². The van der Waals surface area contributed by atoms with Gasteiger partial charge >= 0.3 is 5.22 Å². The molecule has 2 aromatic rings. The molecule has 0 unspecified atom stereocenters. The lowest BCUT2D eigenvalue weighted by Crippen LogP contribution is -2.19. The molecule has 0 aliphatic rings. The predicted octanol–water partition coefficient (Wildman–Crippen LogP) is 1.80. The van der Waals surface area contributed by atoms with Crippen LogP contribution in [-0.2, 0) is 15.3 Å². The van der Waals surface area contributed by atoms with Gasteiger partial charge in [0.1, 0.15) is 0 Å². The van der Waals surface area contributed by atoms with Crippen LogP contribution in [0.1, 0.15) is 25.3 Å². The van der Waals surface area contributed by atoms with Gasteiger partial charge in [0.15, 0.2) is 0 Å². The van der Waals surface area contributed by atoms with Gasteiger partial charge in [-0.1, -0.05) is 35.4 Å². The van der Waals surface area contributed by atoms with E-state index in [1.807, 2.05) is 44.2 Å². The number of rotatable bonds is 3. The standard InChI is InChI=1S/C12H14N2O3S/c1-12(2,9-7-5-4-6-8-9)10-13-14-11(17-10)18(3,15)16/h4-8H,1-3H3. The van der Waals surface area contributed by atoms with E-state index in [0.717, 1.165) is 11.8 Å². The molecule has 0 amide bonds. The van der Waals surface area contributed by atoms with Gasteiger partial charge in [-0.15, -0.1) is 5.10 Å². The van der Waals surface area contributed by atoms with Crippen LogP contribution in [0.25, 0.3) is 0 Å². The quantitative estimate of drug-likeness (QED) is 0.847. The highest BCUT2D eigenvalue weighted by molar-refractivity contribution is 7.90. The molecule has 1 aromatic heterocycles. The van der Waals surface area contributed by atoms with Crippen molar-refractivity contribution in [3.63, 3.8) is 0 Å². The molecule has 0 saturated carbocycles. The van der Waals surface area contributed by atoms with E-state index in [2.05, 4.69) is 10.2 Å². The fourth-order valence-corrected chi connectivity index (χ4v) is 2.01. The maximum Gasteiger partial charge on any atom is 0.335 e. The number of hydrogen-bond donors (Lipinski definition) is 0. The van der Waals surface area contributed by atoms with Crippen molar-refractivity contribution in [3.8, 4) is 0 Å². The smallest absolute Gasteiger partial charge is 0.335 e. The second-order valence-corrected chi connectivity index (χ2v) is 6.53. The van der Waals surface area contributed by atoms with Crippen LogP contribution in [0.2, 0.25) is 0 Å². The van der Waals surface area contributed by atoms with Crippen LogP contribution in [0.5, 0.6) is 0 Å². The zero-order valence-electron chi connectivity index (χ0n) is 10.4. The Balaban J connectivity index is 2.46. The van der Waals surface area contributed by atoms with E-state index < -0.39 is 15.3 Å². The number of hydrogen-bond acceptors (Lipinski definition) is 5. The highest BCUT2D eigenvalue weighted by atomic mass is 32.2. The molecule has 96 valence electrons. The number of benzene rings is 1. The Morgan fingerprint density at radius 3 is 2.22 bits per heavy atom. The minimum absolute atomic E-state index is 0.286. The molecule has 18 heavy (non-hydrogen) atoms. The lowest BCUT2D eigenvalue weighted by atomic mass is 9.85. The van der Waals surface area contributed by atoms with Crippen molar-refractivity contribution in [1.82, 2.24) is 10.2 Å². The van der Waals surface area contributed by atoms with Crippen LogP contribution in [0.15, 0.2) is 40.0 Å². The summed E-state index contributed by atoms with van der Waals surface area (Å²) in [7, 11) is -3.46. The van der Waals surface area contributed by atoms with Crippen molar-refractivity contribution < 1.29 is 12.8 Å². The maximum absolute atomic E-state index is 11.3. The summed E-state index contributed by atoms with van der Waals surface area (Å²) in [6, 6.07) is 9.60. The SMILES string of the molecule is CC(C)(c1ccccc1)c1nnc(S(C)(=O)=O)o1. The summed E-state index contributed by atoms with van der Waals surface area (Å²) >= 11 is 0. The number of aromatic nitrogens is 2. The Morgan fingerprint density at radius 2 is 1.72 bits per heavy atom. The first-order chi connectivity index (χ1) is 8.32. The Kier molecular flexibility index (Phi) is 2.98. The van der Waals surface area contributed by atoms with Crippen LogP contribution in [0, 0.1) is 0 Å². The van der Waals surface area contributed by atoms with Gasteiger partial charge in [0.05, 0.1) is 5.41 Å². The third-order valence-electron chi connectivity index (χ3n) is 2.75. The molecule has 6 heteroatoms. The summed E-state index contributed by atoms with van der Waals surface area (Å²) in [6.07, 6.45) is 1.04. The van der Waals surface area contributed by atoms with Crippen LogP contribution in [-0.4, -0.2) is 24.9 Å². The summed E-state index contributed by atoms with van der Waals surface area (Å²) in [5.41, 5.74) is 0.450. The molecule has 5 nitrogen and oxygen atoms in total. The highest BCUT2D eigenvalue weighted by Crippen LogP contribution is 2.30.